The number of carbonyl (C=O) groups is 2. The number of alkyl halides is 3. The highest BCUT2D eigenvalue weighted by Gasteiger charge is 2.38. The molecule has 3 rings (SSSR count). The van der Waals surface area contributed by atoms with Gasteiger partial charge in [-0.05, 0) is 30.3 Å². The number of ether oxygens (including phenoxy) is 1. The van der Waals surface area contributed by atoms with E-state index in [9.17, 15) is 27.0 Å². The van der Waals surface area contributed by atoms with Gasteiger partial charge in [0.2, 0.25) is 0 Å². The number of carbonyl (C=O) groups excluding carboxylic acids is 2. The van der Waals surface area contributed by atoms with E-state index in [2.05, 4.69) is 9.71 Å². The molecule has 2 heterocycles. The van der Waals surface area contributed by atoms with Crippen LogP contribution < -0.4 is 9.46 Å². The van der Waals surface area contributed by atoms with Crippen LogP contribution in [0.25, 0.3) is 0 Å². The Hall–Kier alpha value is -3.19. The van der Waals surface area contributed by atoms with Crippen LogP contribution in [-0.2, 0) is 17.4 Å². The van der Waals surface area contributed by atoms with Gasteiger partial charge >= 0.3 is 6.18 Å². The topological polar surface area (TPSA) is 112 Å². The molecule has 32 heavy (non-hydrogen) atoms. The van der Waals surface area contributed by atoms with Crippen molar-refractivity contribution in [2.45, 2.75) is 6.18 Å². The zero-order valence-corrected chi connectivity index (χ0v) is 17.6. The molecule has 1 atom stereocenters. The summed E-state index contributed by atoms with van der Waals surface area (Å²) < 4.78 is 66.8. The van der Waals surface area contributed by atoms with Crippen molar-refractivity contribution in [3.63, 3.8) is 0 Å². The summed E-state index contributed by atoms with van der Waals surface area (Å²) in [6.07, 6.45) is -3.78. The Morgan fingerprint density at radius 1 is 1.12 bits per heavy atom. The van der Waals surface area contributed by atoms with Crippen LogP contribution in [-0.4, -0.2) is 68.6 Å². The molecule has 13 heteroatoms. The number of nitrogens with one attached hydrogen (secondary N) is 1. The zero-order valence-electron chi connectivity index (χ0n) is 16.8. The van der Waals surface area contributed by atoms with Crippen molar-refractivity contribution in [2.24, 2.45) is 0 Å². The van der Waals surface area contributed by atoms with Crippen molar-refractivity contribution in [1.82, 2.24) is 14.8 Å². The van der Waals surface area contributed by atoms with Crippen molar-refractivity contribution in [1.29, 1.82) is 0 Å². The Morgan fingerprint density at radius 3 is 2.31 bits per heavy atom. The number of halogens is 3. The summed E-state index contributed by atoms with van der Waals surface area (Å²) in [4.78, 5) is 31.5. The van der Waals surface area contributed by atoms with Crippen LogP contribution in [0, 0.1) is 0 Å². The minimum Gasteiger partial charge on any atom is -0.495 e. The van der Waals surface area contributed by atoms with E-state index in [4.69, 9.17) is 9.29 Å². The minimum atomic E-state index is -4.76. The van der Waals surface area contributed by atoms with E-state index >= 15 is 0 Å². The largest absolute Gasteiger partial charge is 0.495 e. The Balaban J connectivity index is 1.69. The van der Waals surface area contributed by atoms with E-state index in [-0.39, 0.29) is 49.1 Å². The van der Waals surface area contributed by atoms with Gasteiger partial charge in [-0.25, -0.2) is 4.21 Å². The molecular weight excluding hydrogens is 453 g/mol. The normalized spacial score (nSPS) is 15.3. The Bertz CT molecular complexity index is 1040. The van der Waals surface area contributed by atoms with E-state index in [1.54, 1.807) is 0 Å². The van der Waals surface area contributed by atoms with Gasteiger partial charge in [0.25, 0.3) is 23.1 Å². The van der Waals surface area contributed by atoms with Crippen molar-refractivity contribution >= 4 is 28.8 Å². The third-order valence-electron chi connectivity index (χ3n) is 4.81. The molecule has 0 spiro atoms. The monoisotopic (exact) mass is 472 g/mol. The van der Waals surface area contributed by atoms with Crippen LogP contribution >= 0.6 is 0 Å². The number of piperazine rings is 1. The lowest BCUT2D eigenvalue weighted by atomic mass is 10.1. The third kappa shape index (κ3) is 5.16. The summed E-state index contributed by atoms with van der Waals surface area (Å²) in [5.74, 6) is -0.987. The van der Waals surface area contributed by atoms with Crippen LogP contribution in [0.1, 0.15) is 26.4 Å². The SMILES string of the molecule is COc1cc(C(=O)N2CCN(C(=O)c3cccnc3C(F)(F)F)CC2)ccc1NS(=O)O. The molecule has 172 valence electrons. The van der Waals surface area contributed by atoms with E-state index < -0.39 is 34.6 Å². The maximum absolute atomic E-state index is 13.2. The summed E-state index contributed by atoms with van der Waals surface area (Å²) in [5.41, 5.74) is -1.30. The maximum atomic E-state index is 13.2. The smallest absolute Gasteiger partial charge is 0.434 e. The van der Waals surface area contributed by atoms with Crippen LogP contribution in [0.3, 0.4) is 0 Å². The van der Waals surface area contributed by atoms with Gasteiger partial charge in [0.1, 0.15) is 5.75 Å². The molecular formula is C19H19F3N4O5S. The number of pyridine rings is 1. The fourth-order valence-electron chi connectivity index (χ4n) is 3.27. The number of hydrogen-bond donors (Lipinski definition) is 2. The molecule has 2 amide bonds. The maximum Gasteiger partial charge on any atom is 0.434 e. The first kappa shape index (κ1) is 23.5. The standard InChI is InChI=1S/C19H19F3N4O5S/c1-31-15-11-12(4-5-14(15)24-32(29)30)17(27)25-7-9-26(10-8-25)18(28)13-3-2-6-23-16(13)19(20,21)22/h2-6,11,24H,7-10H2,1H3,(H,29,30). The van der Waals surface area contributed by atoms with Gasteiger partial charge in [-0.2, -0.15) is 13.2 Å². The lowest BCUT2D eigenvalue weighted by molar-refractivity contribution is -0.141. The Morgan fingerprint density at radius 2 is 1.75 bits per heavy atom. The zero-order chi connectivity index (χ0) is 23.5. The highest BCUT2D eigenvalue weighted by molar-refractivity contribution is 7.80. The molecule has 0 aliphatic carbocycles. The van der Waals surface area contributed by atoms with E-state index in [0.29, 0.717) is 0 Å². The second-order valence-corrected chi connectivity index (χ2v) is 7.45. The van der Waals surface area contributed by atoms with Crippen LogP contribution in [0.5, 0.6) is 5.75 Å². The highest BCUT2D eigenvalue weighted by atomic mass is 32.2. The number of amides is 2. The number of benzene rings is 1. The molecule has 0 radical (unpaired) electrons. The first-order valence-corrected chi connectivity index (χ1v) is 10.4. The van der Waals surface area contributed by atoms with Crippen molar-refractivity contribution in [3.8, 4) is 5.75 Å². The van der Waals surface area contributed by atoms with Crippen molar-refractivity contribution in [3.05, 3.63) is 53.3 Å². The van der Waals surface area contributed by atoms with Gasteiger partial charge in [-0.15, -0.1) is 0 Å². The van der Waals surface area contributed by atoms with E-state index in [1.165, 1.54) is 41.2 Å². The molecule has 1 fully saturated rings. The third-order valence-corrected chi connectivity index (χ3v) is 5.20. The molecule has 1 aliphatic rings. The van der Waals surface area contributed by atoms with Gasteiger partial charge in [0, 0.05) is 37.9 Å². The molecule has 1 aromatic heterocycles. The van der Waals surface area contributed by atoms with Crippen LogP contribution in [0.2, 0.25) is 0 Å². The van der Waals surface area contributed by atoms with Crippen molar-refractivity contribution < 1.29 is 36.3 Å². The Kier molecular flexibility index (Phi) is 6.99. The van der Waals surface area contributed by atoms with Gasteiger partial charge in [0.05, 0.1) is 18.4 Å². The fraction of sp³-hybridized carbons (Fsp3) is 0.316. The summed E-state index contributed by atoms with van der Waals surface area (Å²) >= 11 is -2.32. The molecule has 1 aliphatic heterocycles. The van der Waals surface area contributed by atoms with Crippen LogP contribution in [0.4, 0.5) is 18.9 Å². The predicted molar refractivity (Wildman–Crippen MR) is 108 cm³/mol. The lowest BCUT2D eigenvalue weighted by Gasteiger charge is -2.35. The van der Waals surface area contributed by atoms with Gasteiger partial charge < -0.3 is 14.5 Å². The van der Waals surface area contributed by atoms with E-state index in [1.807, 2.05) is 0 Å². The number of aromatic nitrogens is 1. The van der Waals surface area contributed by atoms with E-state index in [0.717, 1.165) is 12.3 Å². The quantitative estimate of drug-likeness (QED) is 0.646. The second kappa shape index (κ2) is 9.53. The number of nitrogens with zero attached hydrogens (tertiary/aromatic N) is 3. The first-order chi connectivity index (χ1) is 15.1. The lowest BCUT2D eigenvalue weighted by Crippen LogP contribution is -2.50. The molecule has 0 saturated carbocycles. The fourth-order valence-corrected chi connectivity index (χ4v) is 3.63. The highest BCUT2D eigenvalue weighted by Crippen LogP contribution is 2.31. The summed E-state index contributed by atoms with van der Waals surface area (Å²) in [5, 5.41) is 0. The summed E-state index contributed by atoms with van der Waals surface area (Å²) in [6.45, 7) is 0.346. The number of hydrogen-bond acceptors (Lipinski definition) is 5. The molecule has 1 saturated heterocycles. The summed E-state index contributed by atoms with van der Waals surface area (Å²) in [6, 6.07) is 6.61. The molecule has 9 nitrogen and oxygen atoms in total. The Labute approximate surface area is 183 Å². The molecule has 1 unspecified atom stereocenters. The number of rotatable bonds is 5. The van der Waals surface area contributed by atoms with Gasteiger partial charge in [-0.3, -0.25) is 23.8 Å². The molecule has 2 aromatic rings. The van der Waals surface area contributed by atoms with Gasteiger partial charge in [0.15, 0.2) is 5.69 Å². The predicted octanol–water partition coefficient (Wildman–Crippen LogP) is 2.26. The van der Waals surface area contributed by atoms with Gasteiger partial charge in [-0.1, -0.05) is 0 Å². The number of anilines is 1. The second-order valence-electron chi connectivity index (χ2n) is 6.75. The molecule has 2 N–H and O–H groups in total. The van der Waals surface area contributed by atoms with Crippen molar-refractivity contribution in [2.75, 3.05) is 38.0 Å². The molecule has 1 aromatic carbocycles. The van der Waals surface area contributed by atoms with Crippen LogP contribution in [0.15, 0.2) is 36.5 Å². The minimum absolute atomic E-state index is 0.0526. The average Bonchev–Trinajstić information content (AvgIpc) is 2.77. The molecule has 0 bridgehead atoms. The summed E-state index contributed by atoms with van der Waals surface area (Å²) in [7, 11) is 1.34. The average molecular weight is 472 g/mol. The number of methoxy groups -OCH3 is 1. The first-order valence-electron chi connectivity index (χ1n) is 9.28.